The van der Waals surface area contributed by atoms with Crippen LogP contribution in [0.3, 0.4) is 0 Å². The van der Waals surface area contributed by atoms with Crippen LogP contribution >= 0.6 is 11.8 Å². The van der Waals surface area contributed by atoms with Crippen LogP contribution in [0.2, 0.25) is 0 Å². The summed E-state index contributed by atoms with van der Waals surface area (Å²) in [6, 6.07) is 0. The molecule has 6 atom stereocenters. The molecule has 2 N–H and O–H groups in total. The lowest BCUT2D eigenvalue weighted by Crippen LogP contribution is -2.37. The van der Waals surface area contributed by atoms with E-state index < -0.39 is 46.2 Å². The average Bonchev–Trinajstić information content (AvgIpc) is 2.75. The third-order valence-corrected chi connectivity index (χ3v) is 7.56. The molecule has 0 aromatic carbocycles. The molecule has 0 aliphatic carbocycles. The Balaban J connectivity index is 2.22. The molecule has 0 bridgehead atoms. The molecule has 0 saturated carbocycles. The summed E-state index contributed by atoms with van der Waals surface area (Å²) in [5.74, 6) is -2.26. The molecule has 0 spiro atoms. The molecule has 8 nitrogen and oxygen atoms in total. The second-order valence-corrected chi connectivity index (χ2v) is 10.7. The molecule has 0 radical (unpaired) electrons. The number of ether oxygens (including phenoxy) is 2. The maximum Gasteiger partial charge on any atom is 0.319 e. The number of ketones is 2. The third-order valence-electron chi connectivity index (χ3n) is 6.18. The van der Waals surface area contributed by atoms with Gasteiger partial charge in [0.1, 0.15) is 22.7 Å². The van der Waals surface area contributed by atoms with Gasteiger partial charge < -0.3 is 19.7 Å². The summed E-state index contributed by atoms with van der Waals surface area (Å²) >= 11 is 0.862. The number of aliphatic hydroxyl groups is 2. The van der Waals surface area contributed by atoms with Gasteiger partial charge in [0.05, 0.1) is 12.2 Å². The van der Waals surface area contributed by atoms with E-state index in [1.165, 1.54) is 0 Å². The molecule has 2 aliphatic heterocycles. The highest BCUT2D eigenvalue weighted by Crippen LogP contribution is 2.29. The van der Waals surface area contributed by atoms with Gasteiger partial charge >= 0.3 is 11.9 Å². The molecule has 0 unspecified atom stereocenters. The number of esters is 2. The van der Waals surface area contributed by atoms with Crippen molar-refractivity contribution in [2.45, 2.75) is 126 Å². The van der Waals surface area contributed by atoms with E-state index in [1.807, 2.05) is 0 Å². The Kier molecular flexibility index (Phi) is 11.8. The second kappa shape index (κ2) is 14.1. The SMILES string of the molecule is C[C@@H]1CCCCC[C@H](O)C(=O)C[C@H](S[C@H]2CC(=O)[C@@H](O)CCCCC[C@@H](C)OC2=O)C(=O)O1. The van der Waals surface area contributed by atoms with Crippen LogP contribution in [0.15, 0.2) is 0 Å². The number of aliphatic hydroxyl groups excluding tert-OH is 2. The van der Waals surface area contributed by atoms with E-state index in [2.05, 4.69) is 0 Å². The molecule has 2 heterocycles. The van der Waals surface area contributed by atoms with E-state index in [4.69, 9.17) is 9.47 Å². The quantitative estimate of drug-likeness (QED) is 0.566. The highest BCUT2D eigenvalue weighted by Gasteiger charge is 2.36. The fourth-order valence-corrected chi connectivity index (χ4v) is 5.34. The zero-order chi connectivity index (χ0) is 24.4. The molecule has 9 heteroatoms. The van der Waals surface area contributed by atoms with E-state index in [0.717, 1.165) is 37.4 Å². The number of thioether (sulfide) groups is 1. The van der Waals surface area contributed by atoms with E-state index >= 15 is 0 Å². The summed E-state index contributed by atoms with van der Waals surface area (Å²) in [6.07, 6.45) is 3.05. The smallest absolute Gasteiger partial charge is 0.319 e. The lowest BCUT2D eigenvalue weighted by atomic mass is 10.0. The Morgan fingerprint density at radius 2 is 1.00 bits per heavy atom. The fraction of sp³-hybridized carbons (Fsp3) is 0.833. The van der Waals surface area contributed by atoms with Crippen LogP contribution in [0.4, 0.5) is 0 Å². The van der Waals surface area contributed by atoms with Crippen LogP contribution in [0.5, 0.6) is 0 Å². The van der Waals surface area contributed by atoms with Crippen molar-refractivity contribution >= 4 is 35.3 Å². The highest BCUT2D eigenvalue weighted by atomic mass is 32.2. The number of rotatable bonds is 2. The number of hydrogen-bond acceptors (Lipinski definition) is 9. The van der Waals surface area contributed by atoms with Crippen molar-refractivity contribution in [3.8, 4) is 0 Å². The van der Waals surface area contributed by atoms with Crippen molar-refractivity contribution in [2.24, 2.45) is 0 Å². The predicted molar refractivity (Wildman–Crippen MR) is 124 cm³/mol. The van der Waals surface area contributed by atoms with Crippen molar-refractivity contribution in [1.82, 2.24) is 0 Å². The zero-order valence-electron chi connectivity index (χ0n) is 19.7. The minimum atomic E-state index is -1.18. The standard InChI is InChI=1S/C24H38O8S/c1-15-9-5-3-7-11-17(25)19(27)13-21(23(29)31-15)33-22-14-20(28)18(26)12-8-4-6-10-16(2)32-24(22)30/h15-18,21-22,25-26H,3-14H2,1-2H3/t15-,16-,17+,18+,21+,22+/m1/s1. The van der Waals surface area contributed by atoms with E-state index in [1.54, 1.807) is 13.8 Å². The number of cyclic esters (lactones) is 2. The summed E-state index contributed by atoms with van der Waals surface area (Å²) in [5.41, 5.74) is 0. The maximum atomic E-state index is 12.9. The van der Waals surface area contributed by atoms with Gasteiger partial charge in [-0.15, -0.1) is 11.8 Å². The van der Waals surface area contributed by atoms with Gasteiger partial charge in [0.25, 0.3) is 0 Å². The summed E-state index contributed by atoms with van der Waals surface area (Å²) in [4.78, 5) is 50.9. The van der Waals surface area contributed by atoms with Gasteiger partial charge in [0.2, 0.25) is 0 Å². The monoisotopic (exact) mass is 486 g/mol. The van der Waals surface area contributed by atoms with Crippen LogP contribution in [0, 0.1) is 0 Å². The second-order valence-electron chi connectivity index (χ2n) is 9.26. The Bertz CT molecular complexity index is 625. The van der Waals surface area contributed by atoms with Crippen LogP contribution in [0.1, 0.15) is 90.9 Å². The Hall–Kier alpha value is -1.45. The lowest BCUT2D eigenvalue weighted by molar-refractivity contribution is -0.149. The zero-order valence-corrected chi connectivity index (χ0v) is 20.5. The maximum absolute atomic E-state index is 12.9. The Labute approximate surface area is 200 Å². The Morgan fingerprint density at radius 1 is 0.636 bits per heavy atom. The molecule has 2 aliphatic rings. The van der Waals surface area contributed by atoms with Gasteiger partial charge in [-0.2, -0.15) is 0 Å². The Morgan fingerprint density at radius 3 is 1.39 bits per heavy atom. The molecular formula is C24H38O8S. The molecule has 188 valence electrons. The molecule has 0 aromatic rings. The van der Waals surface area contributed by atoms with Gasteiger partial charge in [0, 0.05) is 12.8 Å². The first kappa shape index (κ1) is 27.8. The van der Waals surface area contributed by atoms with E-state index in [9.17, 15) is 29.4 Å². The van der Waals surface area contributed by atoms with E-state index in [-0.39, 0.29) is 25.0 Å². The van der Waals surface area contributed by atoms with Crippen LogP contribution in [-0.4, -0.2) is 68.6 Å². The van der Waals surface area contributed by atoms with E-state index in [0.29, 0.717) is 38.5 Å². The minimum Gasteiger partial charge on any atom is -0.462 e. The number of hydrogen-bond donors (Lipinski definition) is 2. The predicted octanol–water partition coefficient (Wildman–Crippen LogP) is 2.89. The molecule has 2 saturated heterocycles. The molecule has 2 rings (SSSR count). The molecular weight excluding hydrogens is 448 g/mol. The van der Waals surface area contributed by atoms with Gasteiger partial charge in [-0.1, -0.05) is 25.7 Å². The molecule has 0 amide bonds. The average molecular weight is 487 g/mol. The van der Waals surface area contributed by atoms with Gasteiger partial charge in [-0.05, 0) is 52.4 Å². The highest BCUT2D eigenvalue weighted by molar-refractivity contribution is 8.01. The first-order chi connectivity index (χ1) is 15.7. The summed E-state index contributed by atoms with van der Waals surface area (Å²) in [7, 11) is 0. The van der Waals surface area contributed by atoms with Crippen LogP contribution in [0.25, 0.3) is 0 Å². The molecule has 33 heavy (non-hydrogen) atoms. The number of carbonyl (C=O) groups excluding carboxylic acids is 4. The lowest BCUT2D eigenvalue weighted by Gasteiger charge is -2.25. The van der Waals surface area contributed by atoms with Crippen molar-refractivity contribution in [1.29, 1.82) is 0 Å². The van der Waals surface area contributed by atoms with Crippen molar-refractivity contribution in [3.05, 3.63) is 0 Å². The normalized spacial score (nSPS) is 34.7. The molecule has 0 aromatic heterocycles. The first-order valence-electron chi connectivity index (χ1n) is 12.1. The van der Waals surface area contributed by atoms with Crippen molar-refractivity contribution < 1.29 is 38.9 Å². The number of carbonyl (C=O) groups is 4. The van der Waals surface area contributed by atoms with Crippen LogP contribution in [-0.2, 0) is 28.7 Å². The molecule has 2 fully saturated rings. The summed E-state index contributed by atoms with van der Waals surface area (Å²) in [6.45, 7) is 3.57. The van der Waals surface area contributed by atoms with Gasteiger partial charge in [0.15, 0.2) is 11.6 Å². The van der Waals surface area contributed by atoms with Gasteiger partial charge in [-0.25, -0.2) is 0 Å². The number of Topliss-reactive ketones (excluding diaryl/α,β-unsaturated/α-hetero) is 2. The topological polar surface area (TPSA) is 127 Å². The third kappa shape index (κ3) is 9.74. The first-order valence-corrected chi connectivity index (χ1v) is 13.1. The minimum absolute atomic E-state index is 0.298. The van der Waals surface area contributed by atoms with Crippen molar-refractivity contribution in [3.63, 3.8) is 0 Å². The largest absolute Gasteiger partial charge is 0.462 e. The van der Waals surface area contributed by atoms with Crippen molar-refractivity contribution in [2.75, 3.05) is 0 Å². The van der Waals surface area contributed by atoms with Crippen LogP contribution < -0.4 is 0 Å². The fourth-order valence-electron chi connectivity index (χ4n) is 4.09. The summed E-state index contributed by atoms with van der Waals surface area (Å²) in [5, 5.41) is 18.3. The van der Waals surface area contributed by atoms with Gasteiger partial charge in [-0.3, -0.25) is 19.2 Å². The summed E-state index contributed by atoms with van der Waals surface area (Å²) < 4.78 is 11.0.